The van der Waals surface area contributed by atoms with E-state index in [1.54, 1.807) is 0 Å². The molecule has 12 heteroatoms. The van der Waals surface area contributed by atoms with Crippen LogP contribution in [0.5, 0.6) is 0 Å². The molecule has 0 aliphatic carbocycles. The van der Waals surface area contributed by atoms with Crippen molar-refractivity contribution < 1.29 is 36.2 Å². The molecule has 0 saturated carbocycles. The lowest BCUT2D eigenvalue weighted by Crippen LogP contribution is -2.23. The molecule has 0 fully saturated rings. The molecular formula is C17H9F6N4O2-. The number of nitrogen functional groups attached to an aromatic ring is 2. The lowest BCUT2D eigenvalue weighted by atomic mass is 9.92. The number of nitrogens with two attached hydrogens (primary N) is 2. The molecule has 0 unspecified atom stereocenters. The third-order valence-corrected chi connectivity index (χ3v) is 4.01. The topological polar surface area (TPSA) is 118 Å². The molecule has 3 rings (SSSR count). The third kappa shape index (κ3) is 3.73. The minimum absolute atomic E-state index is 0.0685. The van der Waals surface area contributed by atoms with Gasteiger partial charge in [-0.05, 0) is 29.8 Å². The van der Waals surface area contributed by atoms with E-state index in [1.807, 2.05) is 0 Å². The van der Waals surface area contributed by atoms with Crippen LogP contribution in [0.4, 0.5) is 38.1 Å². The molecule has 0 aliphatic heterocycles. The highest BCUT2D eigenvalue weighted by Crippen LogP contribution is 2.41. The predicted octanol–water partition coefficient (Wildman–Crippen LogP) is 2.86. The maximum atomic E-state index is 13.2. The van der Waals surface area contributed by atoms with E-state index in [0.717, 1.165) is 12.1 Å². The molecule has 0 bridgehead atoms. The molecule has 0 spiro atoms. The Bertz CT molecular complexity index is 1110. The summed E-state index contributed by atoms with van der Waals surface area (Å²) in [7, 11) is 0. The quantitative estimate of drug-likeness (QED) is 0.622. The minimum Gasteiger partial charge on any atom is -0.545 e. The number of hydrogen-bond donors (Lipinski definition) is 2. The van der Waals surface area contributed by atoms with Crippen molar-refractivity contribution in [3.8, 4) is 11.1 Å². The molecule has 152 valence electrons. The minimum atomic E-state index is -5.13. The number of halogens is 6. The van der Waals surface area contributed by atoms with E-state index in [1.165, 1.54) is 0 Å². The average molecular weight is 415 g/mol. The van der Waals surface area contributed by atoms with Crippen molar-refractivity contribution in [2.45, 2.75) is 12.4 Å². The van der Waals surface area contributed by atoms with Crippen LogP contribution in [0.25, 0.3) is 22.0 Å². The molecule has 4 N–H and O–H groups in total. The van der Waals surface area contributed by atoms with Gasteiger partial charge in [0.2, 0.25) is 5.95 Å². The van der Waals surface area contributed by atoms with Crippen molar-refractivity contribution in [1.82, 2.24) is 9.97 Å². The van der Waals surface area contributed by atoms with Crippen LogP contribution in [0.1, 0.15) is 21.5 Å². The molecule has 3 aromatic rings. The van der Waals surface area contributed by atoms with E-state index in [-0.39, 0.29) is 22.9 Å². The van der Waals surface area contributed by atoms with Gasteiger partial charge in [-0.15, -0.1) is 0 Å². The van der Waals surface area contributed by atoms with Gasteiger partial charge in [-0.25, -0.2) is 4.98 Å². The van der Waals surface area contributed by atoms with Gasteiger partial charge in [0.15, 0.2) is 0 Å². The highest BCUT2D eigenvalue weighted by atomic mass is 19.4. The maximum Gasteiger partial charge on any atom is 0.416 e. The number of carbonyl (C=O) groups is 1. The van der Waals surface area contributed by atoms with Crippen LogP contribution in [0.15, 0.2) is 30.3 Å². The monoisotopic (exact) mass is 415 g/mol. The molecule has 29 heavy (non-hydrogen) atoms. The number of hydrogen-bond acceptors (Lipinski definition) is 6. The number of fused-ring (bicyclic) bond motifs is 1. The van der Waals surface area contributed by atoms with Gasteiger partial charge >= 0.3 is 12.4 Å². The number of nitrogens with zero attached hydrogens (tertiary/aromatic N) is 2. The summed E-state index contributed by atoms with van der Waals surface area (Å²) >= 11 is 0. The maximum absolute atomic E-state index is 13.2. The Balaban J connectivity index is 2.50. The van der Waals surface area contributed by atoms with E-state index >= 15 is 0 Å². The van der Waals surface area contributed by atoms with E-state index in [2.05, 4.69) is 9.97 Å². The van der Waals surface area contributed by atoms with Crippen LogP contribution in [0, 0.1) is 0 Å². The van der Waals surface area contributed by atoms with E-state index in [9.17, 15) is 36.2 Å². The smallest absolute Gasteiger partial charge is 0.416 e. The number of carbonyl (C=O) groups excluding carboxylic acids is 1. The summed E-state index contributed by atoms with van der Waals surface area (Å²) in [5.41, 5.74) is 5.92. The molecule has 6 nitrogen and oxygen atoms in total. The van der Waals surface area contributed by atoms with Gasteiger partial charge in [-0.1, -0.05) is 6.07 Å². The lowest BCUT2D eigenvalue weighted by Gasteiger charge is -2.18. The van der Waals surface area contributed by atoms with Gasteiger partial charge in [0, 0.05) is 11.1 Å². The van der Waals surface area contributed by atoms with Crippen LogP contribution in [-0.4, -0.2) is 15.9 Å². The zero-order chi connectivity index (χ0) is 21.7. The second-order valence-corrected chi connectivity index (χ2v) is 5.93. The second kappa shape index (κ2) is 6.50. The van der Waals surface area contributed by atoms with Crippen LogP contribution in [-0.2, 0) is 12.4 Å². The highest BCUT2D eigenvalue weighted by Gasteiger charge is 2.37. The number of carboxylic acids is 1. The fraction of sp³-hybridized carbons (Fsp3) is 0.118. The van der Waals surface area contributed by atoms with Gasteiger partial charge < -0.3 is 21.4 Å². The standard InChI is InChI=1S/C17H10F6N4O2/c18-16(19,20)7-3-6(4-8(5-7)17(21,22)23)11-9(14(28)29)1-2-10-12(11)13(24)27-15(25)26-10/h1-5H,(H,28,29)(H4,24,25,26,27)/p-1. The number of rotatable bonds is 2. The molecule has 0 radical (unpaired) electrons. The first kappa shape index (κ1) is 20.2. The summed E-state index contributed by atoms with van der Waals surface area (Å²) in [6.45, 7) is 0. The van der Waals surface area contributed by atoms with Crippen molar-refractivity contribution >= 4 is 28.6 Å². The molecule has 2 aromatic carbocycles. The first-order chi connectivity index (χ1) is 13.3. The Hall–Kier alpha value is -3.57. The fourth-order valence-corrected chi connectivity index (χ4v) is 2.84. The summed E-state index contributed by atoms with van der Waals surface area (Å²) in [5.74, 6) is -2.58. The summed E-state index contributed by atoms with van der Waals surface area (Å²) in [5, 5.41) is 11.2. The van der Waals surface area contributed by atoms with E-state index in [0.29, 0.717) is 12.1 Å². The first-order valence-electron chi connectivity index (χ1n) is 7.66. The SMILES string of the molecule is Nc1nc(N)c2c(-c3cc(C(F)(F)F)cc(C(F)(F)F)c3)c(C(=O)[O-])ccc2n1. The normalized spacial score (nSPS) is 12.3. The molecule has 1 heterocycles. The van der Waals surface area contributed by atoms with Crippen molar-refractivity contribution in [2.24, 2.45) is 0 Å². The molecule has 0 amide bonds. The lowest BCUT2D eigenvalue weighted by molar-refractivity contribution is -0.254. The van der Waals surface area contributed by atoms with Gasteiger partial charge in [-0.2, -0.15) is 31.3 Å². The van der Waals surface area contributed by atoms with Gasteiger partial charge in [0.1, 0.15) is 5.82 Å². The fourth-order valence-electron chi connectivity index (χ4n) is 2.84. The van der Waals surface area contributed by atoms with Crippen LogP contribution in [0.2, 0.25) is 0 Å². The van der Waals surface area contributed by atoms with Crippen molar-refractivity contribution in [3.05, 3.63) is 47.0 Å². The number of aromatic nitrogens is 2. The van der Waals surface area contributed by atoms with Gasteiger partial charge in [0.05, 0.1) is 28.0 Å². The van der Waals surface area contributed by atoms with Gasteiger partial charge in [0.25, 0.3) is 0 Å². The zero-order valence-corrected chi connectivity index (χ0v) is 14.0. The zero-order valence-electron chi connectivity index (χ0n) is 14.0. The van der Waals surface area contributed by atoms with Gasteiger partial charge in [-0.3, -0.25) is 0 Å². The molecule has 0 atom stereocenters. The molecule has 0 aliphatic rings. The Kier molecular flexibility index (Phi) is 4.52. The number of alkyl halides is 6. The molecule has 0 saturated heterocycles. The van der Waals surface area contributed by atoms with Crippen LogP contribution in [0.3, 0.4) is 0 Å². The van der Waals surface area contributed by atoms with Crippen molar-refractivity contribution in [1.29, 1.82) is 0 Å². The van der Waals surface area contributed by atoms with Crippen molar-refractivity contribution in [2.75, 3.05) is 11.5 Å². The number of aromatic carboxylic acids is 1. The second-order valence-electron chi connectivity index (χ2n) is 5.93. The highest BCUT2D eigenvalue weighted by molar-refractivity contribution is 6.10. The molecule has 1 aromatic heterocycles. The number of anilines is 2. The average Bonchev–Trinajstić information content (AvgIpc) is 2.58. The molecular weight excluding hydrogens is 406 g/mol. The Morgan fingerprint density at radius 1 is 0.897 bits per heavy atom. The van der Waals surface area contributed by atoms with Crippen LogP contribution >= 0.6 is 0 Å². The predicted molar refractivity (Wildman–Crippen MR) is 88.1 cm³/mol. The Labute approximate surface area is 157 Å². The Morgan fingerprint density at radius 3 is 1.93 bits per heavy atom. The Morgan fingerprint density at radius 2 is 1.45 bits per heavy atom. The number of carboxylic acid groups (broad SMARTS) is 1. The first-order valence-corrected chi connectivity index (χ1v) is 7.66. The summed E-state index contributed by atoms with van der Waals surface area (Å²) in [6.07, 6.45) is -10.3. The van der Waals surface area contributed by atoms with E-state index in [4.69, 9.17) is 11.5 Å². The van der Waals surface area contributed by atoms with Crippen molar-refractivity contribution in [3.63, 3.8) is 0 Å². The summed E-state index contributed by atoms with van der Waals surface area (Å²) in [4.78, 5) is 18.9. The largest absolute Gasteiger partial charge is 0.545 e. The summed E-state index contributed by atoms with van der Waals surface area (Å²) < 4.78 is 79.2. The third-order valence-electron chi connectivity index (χ3n) is 4.01. The van der Waals surface area contributed by atoms with Crippen LogP contribution < -0.4 is 16.6 Å². The van der Waals surface area contributed by atoms with E-state index < -0.39 is 52.0 Å². The summed E-state index contributed by atoms with van der Waals surface area (Å²) in [6, 6.07) is 2.74. The number of benzene rings is 2.